The number of aliphatic hydroxyl groups excluding tert-OH is 1. The second-order valence-electron chi connectivity index (χ2n) is 4.29. The molecule has 2 fully saturated rings. The van der Waals surface area contributed by atoms with Crippen molar-refractivity contribution in [2.75, 3.05) is 13.1 Å². The molecule has 0 aromatic heterocycles. The predicted octanol–water partition coefficient (Wildman–Crippen LogP) is 0.625. The molecule has 14 heavy (non-hydrogen) atoms. The average molecular weight is 205 g/mol. The highest BCUT2D eigenvalue weighted by molar-refractivity contribution is 5.81. The van der Waals surface area contributed by atoms with Gasteiger partial charge in [-0.3, -0.25) is 4.79 Å². The third kappa shape index (κ3) is 1.61. The molecule has 0 aromatic carbocycles. The number of halogens is 2. The summed E-state index contributed by atoms with van der Waals surface area (Å²) in [5, 5.41) is 8.90. The summed E-state index contributed by atoms with van der Waals surface area (Å²) in [6.45, 7) is 1.07. The molecule has 0 radical (unpaired) electrons. The fourth-order valence-corrected chi connectivity index (χ4v) is 2.00. The largest absolute Gasteiger partial charge is 0.378 e. The molecule has 0 aromatic rings. The fourth-order valence-electron chi connectivity index (χ4n) is 2.00. The van der Waals surface area contributed by atoms with Crippen molar-refractivity contribution >= 4 is 5.91 Å². The van der Waals surface area contributed by atoms with Gasteiger partial charge in [-0.05, 0) is 24.7 Å². The van der Waals surface area contributed by atoms with Gasteiger partial charge >= 0.3 is 0 Å². The maximum Gasteiger partial charge on any atom is 0.273 e. The molecule has 1 amide bonds. The summed E-state index contributed by atoms with van der Waals surface area (Å²) in [6.07, 6.45) is -2.04. The van der Waals surface area contributed by atoms with Gasteiger partial charge in [0.1, 0.15) is 0 Å². The minimum Gasteiger partial charge on any atom is -0.378 e. The van der Waals surface area contributed by atoms with Gasteiger partial charge < -0.3 is 10.0 Å². The normalized spacial score (nSPS) is 25.9. The third-order valence-corrected chi connectivity index (χ3v) is 3.20. The summed E-state index contributed by atoms with van der Waals surface area (Å²) in [4.78, 5) is 12.7. The molecule has 1 N–H and O–H groups in total. The number of nitrogens with zero attached hydrogens (tertiary/aromatic N) is 1. The molecule has 80 valence electrons. The number of aliphatic hydroxyl groups is 1. The van der Waals surface area contributed by atoms with Gasteiger partial charge in [-0.15, -0.1) is 0 Å². The molecule has 5 heteroatoms. The van der Waals surface area contributed by atoms with Crippen molar-refractivity contribution in [1.29, 1.82) is 0 Å². The minimum absolute atomic E-state index is 0.220. The smallest absolute Gasteiger partial charge is 0.273 e. The van der Waals surface area contributed by atoms with Crippen LogP contribution in [0.4, 0.5) is 8.78 Å². The van der Waals surface area contributed by atoms with E-state index in [0.29, 0.717) is 13.1 Å². The Bertz CT molecular complexity index is 253. The number of rotatable bonds is 2. The first kappa shape index (κ1) is 9.83. The van der Waals surface area contributed by atoms with E-state index in [1.807, 2.05) is 0 Å². The van der Waals surface area contributed by atoms with E-state index in [0.717, 1.165) is 19.3 Å². The minimum atomic E-state index is -2.97. The van der Waals surface area contributed by atoms with Crippen molar-refractivity contribution in [3.63, 3.8) is 0 Å². The SMILES string of the molecule is O=C([C@H](O)C(F)F)N1CCC2(CC2)C1. The Balaban J connectivity index is 1.92. The van der Waals surface area contributed by atoms with Crippen LogP contribution in [0.3, 0.4) is 0 Å². The van der Waals surface area contributed by atoms with Gasteiger partial charge in [0.2, 0.25) is 0 Å². The average Bonchev–Trinajstić information content (AvgIpc) is 2.74. The molecule has 1 heterocycles. The van der Waals surface area contributed by atoms with Crippen molar-refractivity contribution in [1.82, 2.24) is 4.90 Å². The van der Waals surface area contributed by atoms with E-state index >= 15 is 0 Å². The standard InChI is InChI=1S/C9H13F2NO2/c10-7(11)6(13)8(14)12-4-3-9(5-12)1-2-9/h6-7,13H,1-5H2/t6-/m1/s1. The molecule has 1 saturated carbocycles. The lowest BCUT2D eigenvalue weighted by molar-refractivity contribution is -0.147. The van der Waals surface area contributed by atoms with Crippen LogP contribution in [0.1, 0.15) is 19.3 Å². The number of hydrogen-bond acceptors (Lipinski definition) is 2. The van der Waals surface area contributed by atoms with Crippen LogP contribution >= 0.6 is 0 Å². The molecule has 1 spiro atoms. The molecule has 1 atom stereocenters. The van der Waals surface area contributed by atoms with Crippen LogP contribution in [0.2, 0.25) is 0 Å². The first-order valence-electron chi connectivity index (χ1n) is 4.79. The summed E-state index contributed by atoms with van der Waals surface area (Å²) in [7, 11) is 0. The zero-order chi connectivity index (χ0) is 10.3. The van der Waals surface area contributed by atoms with Crippen LogP contribution in [0.25, 0.3) is 0 Å². The summed E-state index contributed by atoms with van der Waals surface area (Å²) in [5.74, 6) is -0.816. The monoisotopic (exact) mass is 205 g/mol. The zero-order valence-corrected chi connectivity index (χ0v) is 7.75. The van der Waals surface area contributed by atoms with E-state index < -0.39 is 18.4 Å². The van der Waals surface area contributed by atoms with E-state index in [9.17, 15) is 13.6 Å². The Morgan fingerprint density at radius 2 is 2.00 bits per heavy atom. The highest BCUT2D eigenvalue weighted by atomic mass is 19.3. The Hall–Kier alpha value is -0.710. The Labute approximate surface area is 80.7 Å². The molecule has 0 bridgehead atoms. The number of carbonyl (C=O) groups is 1. The van der Waals surface area contributed by atoms with Crippen molar-refractivity contribution < 1.29 is 18.7 Å². The first-order valence-corrected chi connectivity index (χ1v) is 4.79. The van der Waals surface area contributed by atoms with Gasteiger partial charge in [0.05, 0.1) is 0 Å². The van der Waals surface area contributed by atoms with Crippen molar-refractivity contribution in [2.45, 2.75) is 31.8 Å². The van der Waals surface area contributed by atoms with E-state index in [1.54, 1.807) is 0 Å². The molecular weight excluding hydrogens is 192 g/mol. The van der Waals surface area contributed by atoms with Crippen LogP contribution in [-0.4, -0.2) is 41.5 Å². The zero-order valence-electron chi connectivity index (χ0n) is 7.75. The lowest BCUT2D eigenvalue weighted by Crippen LogP contribution is -2.41. The number of alkyl halides is 2. The molecule has 3 nitrogen and oxygen atoms in total. The number of likely N-dealkylation sites (tertiary alicyclic amines) is 1. The summed E-state index contributed by atoms with van der Waals surface area (Å²) >= 11 is 0. The topological polar surface area (TPSA) is 40.5 Å². The van der Waals surface area contributed by atoms with E-state index in [4.69, 9.17) is 5.11 Å². The van der Waals surface area contributed by atoms with Crippen molar-refractivity contribution in [3.05, 3.63) is 0 Å². The predicted molar refractivity (Wildman–Crippen MR) is 44.9 cm³/mol. The van der Waals surface area contributed by atoms with Crippen molar-refractivity contribution in [3.8, 4) is 0 Å². The van der Waals surface area contributed by atoms with Gasteiger partial charge in [-0.25, -0.2) is 8.78 Å². The Morgan fingerprint density at radius 3 is 2.43 bits per heavy atom. The molecule has 1 aliphatic carbocycles. The molecule has 1 saturated heterocycles. The second-order valence-corrected chi connectivity index (χ2v) is 4.29. The van der Waals surface area contributed by atoms with Gasteiger partial charge in [-0.1, -0.05) is 0 Å². The molecule has 0 unspecified atom stereocenters. The Morgan fingerprint density at radius 1 is 1.36 bits per heavy atom. The third-order valence-electron chi connectivity index (χ3n) is 3.20. The Kier molecular flexibility index (Phi) is 2.21. The lowest BCUT2D eigenvalue weighted by atomic mass is 10.1. The maximum atomic E-state index is 12.0. The van der Waals surface area contributed by atoms with E-state index in [-0.39, 0.29) is 5.41 Å². The quantitative estimate of drug-likeness (QED) is 0.718. The number of amides is 1. The molecular formula is C9H13F2NO2. The highest BCUT2D eigenvalue weighted by Crippen LogP contribution is 2.52. The van der Waals surface area contributed by atoms with Gasteiger partial charge in [-0.2, -0.15) is 0 Å². The number of carbonyl (C=O) groups excluding carboxylic acids is 1. The van der Waals surface area contributed by atoms with Crippen LogP contribution in [0, 0.1) is 5.41 Å². The second kappa shape index (κ2) is 3.15. The van der Waals surface area contributed by atoms with E-state index in [2.05, 4.69) is 0 Å². The summed E-state index contributed by atoms with van der Waals surface area (Å²) in [5.41, 5.74) is 0.220. The summed E-state index contributed by atoms with van der Waals surface area (Å²) < 4.78 is 24.1. The van der Waals surface area contributed by atoms with Gasteiger partial charge in [0.15, 0.2) is 6.10 Å². The van der Waals surface area contributed by atoms with Crippen LogP contribution in [0.15, 0.2) is 0 Å². The van der Waals surface area contributed by atoms with Crippen molar-refractivity contribution in [2.24, 2.45) is 5.41 Å². The molecule has 1 aliphatic heterocycles. The maximum absolute atomic E-state index is 12.0. The van der Waals surface area contributed by atoms with Crippen LogP contribution < -0.4 is 0 Å². The van der Waals surface area contributed by atoms with Crippen LogP contribution in [-0.2, 0) is 4.79 Å². The van der Waals surface area contributed by atoms with E-state index in [1.165, 1.54) is 4.90 Å². The van der Waals surface area contributed by atoms with Crippen LogP contribution in [0.5, 0.6) is 0 Å². The first-order chi connectivity index (χ1) is 6.54. The van der Waals surface area contributed by atoms with Gasteiger partial charge in [0, 0.05) is 13.1 Å². The summed E-state index contributed by atoms with van der Waals surface area (Å²) in [6, 6.07) is 0. The lowest BCUT2D eigenvalue weighted by Gasteiger charge is -2.19. The highest BCUT2D eigenvalue weighted by Gasteiger charge is 2.49. The molecule has 2 rings (SSSR count). The van der Waals surface area contributed by atoms with Gasteiger partial charge in [0.25, 0.3) is 12.3 Å². The molecule has 2 aliphatic rings. The number of hydrogen-bond donors (Lipinski definition) is 1. The fraction of sp³-hybridized carbons (Fsp3) is 0.889.